The number of aryl methyl sites for hydroxylation is 2. The van der Waals surface area contributed by atoms with E-state index in [2.05, 4.69) is 20.3 Å². The largest absolute Gasteiger partial charge is 0.385 e. The Labute approximate surface area is 150 Å². The fourth-order valence-electron chi connectivity index (χ4n) is 2.55. The summed E-state index contributed by atoms with van der Waals surface area (Å²) in [4.78, 5) is 23.8. The Hall–Kier alpha value is -2.38. The van der Waals surface area contributed by atoms with Gasteiger partial charge in [0.2, 0.25) is 5.95 Å². The molecule has 1 aromatic carbocycles. The minimum Gasteiger partial charge on any atom is -0.385 e. The molecule has 0 unspecified atom stereocenters. The van der Waals surface area contributed by atoms with Crippen molar-refractivity contribution in [2.45, 2.75) is 26.3 Å². The Bertz CT molecular complexity index is 934. The zero-order chi connectivity index (χ0) is 17.8. The molecular formula is C17H20ClN5O2. The Kier molecular flexibility index (Phi) is 5.35. The number of benzene rings is 1. The number of hydrogen-bond donors (Lipinski definition) is 2. The van der Waals surface area contributed by atoms with Crippen LogP contribution in [0.15, 0.2) is 29.3 Å². The summed E-state index contributed by atoms with van der Waals surface area (Å²) in [6, 6.07) is 5.56. The molecule has 0 saturated carbocycles. The van der Waals surface area contributed by atoms with Crippen molar-refractivity contribution < 1.29 is 4.74 Å². The number of fused-ring (bicyclic) bond motifs is 1. The number of anilines is 2. The smallest absolute Gasteiger partial charge is 0.278 e. The molecule has 0 aliphatic carbocycles. The lowest BCUT2D eigenvalue weighted by Gasteiger charge is -2.07. The topological polar surface area (TPSA) is 84.8 Å². The number of rotatable bonds is 7. The first-order chi connectivity index (χ1) is 12.1. The van der Waals surface area contributed by atoms with Gasteiger partial charge >= 0.3 is 0 Å². The van der Waals surface area contributed by atoms with Crippen molar-refractivity contribution in [2.24, 2.45) is 0 Å². The lowest BCUT2D eigenvalue weighted by Crippen LogP contribution is -2.14. The van der Waals surface area contributed by atoms with E-state index in [1.165, 1.54) is 0 Å². The summed E-state index contributed by atoms with van der Waals surface area (Å²) in [6.07, 6.45) is 3.47. The molecule has 0 atom stereocenters. The Morgan fingerprint density at radius 2 is 2.20 bits per heavy atom. The van der Waals surface area contributed by atoms with Gasteiger partial charge in [-0.1, -0.05) is 17.7 Å². The van der Waals surface area contributed by atoms with E-state index in [-0.39, 0.29) is 5.56 Å². The summed E-state index contributed by atoms with van der Waals surface area (Å²) in [5, 5.41) is 3.70. The van der Waals surface area contributed by atoms with Gasteiger partial charge in [-0.15, -0.1) is 0 Å². The Morgan fingerprint density at radius 1 is 1.36 bits per heavy atom. The van der Waals surface area contributed by atoms with Crippen LogP contribution >= 0.6 is 11.6 Å². The van der Waals surface area contributed by atoms with Gasteiger partial charge in [0.15, 0.2) is 11.2 Å². The van der Waals surface area contributed by atoms with Gasteiger partial charge in [0, 0.05) is 31.0 Å². The van der Waals surface area contributed by atoms with Crippen LogP contribution in [0.25, 0.3) is 11.2 Å². The molecule has 0 radical (unpaired) electrons. The van der Waals surface area contributed by atoms with Crippen LogP contribution in [0.1, 0.15) is 18.4 Å². The van der Waals surface area contributed by atoms with Crippen LogP contribution in [0, 0.1) is 6.92 Å². The lowest BCUT2D eigenvalue weighted by atomic mass is 10.2. The Balaban J connectivity index is 1.82. The summed E-state index contributed by atoms with van der Waals surface area (Å²) in [5.74, 6) is 0.335. The number of nitrogens with one attached hydrogen (secondary N) is 2. The number of unbranched alkanes of at least 4 members (excludes halogenated alkanes) is 1. The fourth-order valence-corrected chi connectivity index (χ4v) is 2.73. The minimum atomic E-state index is -0.227. The predicted molar refractivity (Wildman–Crippen MR) is 98.7 cm³/mol. The molecule has 2 aromatic heterocycles. The van der Waals surface area contributed by atoms with E-state index < -0.39 is 0 Å². The van der Waals surface area contributed by atoms with Gasteiger partial charge in [0.05, 0.1) is 6.33 Å². The molecule has 2 heterocycles. The monoisotopic (exact) mass is 361 g/mol. The highest BCUT2D eigenvalue weighted by molar-refractivity contribution is 6.31. The molecule has 2 N–H and O–H groups in total. The maximum absolute atomic E-state index is 12.4. The van der Waals surface area contributed by atoms with E-state index in [1.807, 2.05) is 23.6 Å². The molecule has 0 aliphatic heterocycles. The molecule has 132 valence electrons. The third-order valence-electron chi connectivity index (χ3n) is 3.92. The lowest BCUT2D eigenvalue weighted by molar-refractivity contribution is 0.191. The summed E-state index contributed by atoms with van der Waals surface area (Å²) in [7, 11) is 1.68. The van der Waals surface area contributed by atoms with Crippen LogP contribution in [-0.4, -0.2) is 33.2 Å². The normalized spacial score (nSPS) is 11.2. The summed E-state index contributed by atoms with van der Waals surface area (Å²) < 4.78 is 6.86. The second-order valence-electron chi connectivity index (χ2n) is 5.81. The third-order valence-corrected chi connectivity index (χ3v) is 4.32. The molecule has 25 heavy (non-hydrogen) atoms. The highest BCUT2D eigenvalue weighted by Gasteiger charge is 2.11. The molecule has 0 fully saturated rings. The maximum atomic E-state index is 12.4. The number of methoxy groups -OCH3 is 1. The average Bonchev–Trinajstić information content (AvgIpc) is 2.99. The first kappa shape index (κ1) is 17.4. The van der Waals surface area contributed by atoms with E-state index in [4.69, 9.17) is 16.3 Å². The summed E-state index contributed by atoms with van der Waals surface area (Å²) >= 11 is 6.12. The third kappa shape index (κ3) is 4.00. The molecule has 8 heteroatoms. The van der Waals surface area contributed by atoms with Gasteiger partial charge in [-0.05, 0) is 37.5 Å². The minimum absolute atomic E-state index is 0.227. The molecule has 0 aliphatic rings. The second-order valence-corrected chi connectivity index (χ2v) is 6.22. The highest BCUT2D eigenvalue weighted by atomic mass is 35.5. The van der Waals surface area contributed by atoms with Crippen molar-refractivity contribution in [1.82, 2.24) is 19.5 Å². The molecule has 0 spiro atoms. The van der Waals surface area contributed by atoms with Gasteiger partial charge in [-0.3, -0.25) is 9.78 Å². The first-order valence-electron chi connectivity index (χ1n) is 8.06. The van der Waals surface area contributed by atoms with Gasteiger partial charge in [0.1, 0.15) is 0 Å². The van der Waals surface area contributed by atoms with Crippen LogP contribution in [-0.2, 0) is 11.3 Å². The fraction of sp³-hybridized carbons (Fsp3) is 0.353. The van der Waals surface area contributed by atoms with Crippen LogP contribution in [0.5, 0.6) is 0 Å². The predicted octanol–water partition coefficient (Wildman–Crippen LogP) is 3.25. The number of aromatic nitrogens is 4. The number of aromatic amines is 1. The first-order valence-corrected chi connectivity index (χ1v) is 8.43. The molecule has 0 amide bonds. The maximum Gasteiger partial charge on any atom is 0.278 e. The van der Waals surface area contributed by atoms with E-state index in [0.29, 0.717) is 35.3 Å². The number of hydrogen-bond acceptors (Lipinski definition) is 5. The number of H-pyrrole nitrogens is 1. The SMILES string of the molecule is COCCCCn1cnc2nc(Nc3ccc(C)c(Cl)c3)[nH]c(=O)c21. The van der Waals surface area contributed by atoms with E-state index in [1.54, 1.807) is 19.5 Å². The highest BCUT2D eigenvalue weighted by Crippen LogP contribution is 2.22. The van der Waals surface area contributed by atoms with Crippen molar-refractivity contribution >= 4 is 34.4 Å². The molecule has 0 saturated heterocycles. The number of imidazole rings is 1. The zero-order valence-corrected chi connectivity index (χ0v) is 14.9. The number of halogens is 1. The van der Waals surface area contributed by atoms with Gasteiger partial charge < -0.3 is 14.6 Å². The van der Waals surface area contributed by atoms with Crippen molar-refractivity contribution in [3.05, 3.63) is 45.5 Å². The van der Waals surface area contributed by atoms with Crippen LogP contribution < -0.4 is 10.9 Å². The van der Waals surface area contributed by atoms with Crippen LogP contribution in [0.3, 0.4) is 0 Å². The molecule has 0 bridgehead atoms. The van der Waals surface area contributed by atoms with E-state index in [9.17, 15) is 4.79 Å². The number of nitrogens with zero attached hydrogens (tertiary/aromatic N) is 3. The van der Waals surface area contributed by atoms with Gasteiger partial charge in [-0.25, -0.2) is 4.98 Å². The molecule has 7 nitrogen and oxygen atoms in total. The molecular weight excluding hydrogens is 342 g/mol. The summed E-state index contributed by atoms with van der Waals surface area (Å²) in [6.45, 7) is 3.33. The van der Waals surface area contributed by atoms with Crippen molar-refractivity contribution in [2.75, 3.05) is 19.0 Å². The van der Waals surface area contributed by atoms with Crippen LogP contribution in [0.2, 0.25) is 5.02 Å². The van der Waals surface area contributed by atoms with Crippen molar-refractivity contribution in [3.8, 4) is 0 Å². The number of ether oxygens (including phenoxy) is 1. The Morgan fingerprint density at radius 3 is 2.96 bits per heavy atom. The summed E-state index contributed by atoms with van der Waals surface area (Å²) in [5.41, 5.74) is 2.39. The molecule has 3 aromatic rings. The van der Waals surface area contributed by atoms with Crippen LogP contribution in [0.4, 0.5) is 11.6 Å². The average molecular weight is 362 g/mol. The van der Waals surface area contributed by atoms with E-state index in [0.717, 1.165) is 24.1 Å². The quantitative estimate of drug-likeness (QED) is 0.631. The van der Waals surface area contributed by atoms with Gasteiger partial charge in [-0.2, -0.15) is 4.98 Å². The van der Waals surface area contributed by atoms with Crippen molar-refractivity contribution in [1.29, 1.82) is 0 Å². The van der Waals surface area contributed by atoms with E-state index >= 15 is 0 Å². The second kappa shape index (κ2) is 7.67. The standard InChI is InChI=1S/C17H20ClN5O2/c1-11-5-6-12(9-13(11)18)20-17-21-15-14(16(24)22-17)23(10-19-15)7-3-4-8-25-2/h5-6,9-10H,3-4,7-8H2,1-2H3,(H2,20,21,22,24). The van der Waals surface area contributed by atoms with Gasteiger partial charge in [0.25, 0.3) is 5.56 Å². The van der Waals surface area contributed by atoms with Crippen molar-refractivity contribution in [3.63, 3.8) is 0 Å². The zero-order valence-electron chi connectivity index (χ0n) is 14.2. The molecule has 3 rings (SSSR count).